The predicted molar refractivity (Wildman–Crippen MR) is 56.7 cm³/mol. The molecule has 0 saturated carbocycles. The molecule has 1 aromatic rings. The van der Waals surface area contributed by atoms with Gasteiger partial charge in [-0.1, -0.05) is 11.6 Å². The van der Waals surface area contributed by atoms with E-state index in [1.54, 1.807) is 0 Å². The Bertz CT molecular complexity index is 412. The van der Waals surface area contributed by atoms with Gasteiger partial charge in [0.2, 0.25) is 5.91 Å². The lowest BCUT2D eigenvalue weighted by Gasteiger charge is -2.13. The van der Waals surface area contributed by atoms with Gasteiger partial charge in [0.15, 0.2) is 11.6 Å². The molecule has 0 aromatic heterocycles. The van der Waals surface area contributed by atoms with E-state index in [0.29, 0.717) is 0 Å². The maximum absolute atomic E-state index is 12.9. The largest absolute Gasteiger partial charge is 0.370 e. The van der Waals surface area contributed by atoms with Gasteiger partial charge in [0, 0.05) is 17.5 Å². The maximum Gasteiger partial charge on any atom is 0.217 e. The highest BCUT2D eigenvalue weighted by Gasteiger charge is 2.15. The van der Waals surface area contributed by atoms with Crippen molar-refractivity contribution in [3.05, 3.63) is 34.4 Å². The molecule has 16 heavy (non-hydrogen) atoms. The van der Waals surface area contributed by atoms with Crippen LogP contribution >= 0.6 is 11.6 Å². The summed E-state index contributed by atoms with van der Waals surface area (Å²) in [5, 5.41) is 0.0378. The quantitative estimate of drug-likeness (QED) is 0.799. The average Bonchev–Trinajstić information content (AvgIpc) is 2.20. The molecule has 0 aliphatic rings. The highest BCUT2D eigenvalue weighted by molar-refractivity contribution is 6.31. The molecule has 1 amide bonds. The molecule has 88 valence electrons. The summed E-state index contributed by atoms with van der Waals surface area (Å²) in [6, 6.07) is 1.15. The normalized spacial score (nSPS) is 12.5. The van der Waals surface area contributed by atoms with Crippen LogP contribution in [0.15, 0.2) is 12.1 Å². The molecule has 0 aliphatic heterocycles. The molecule has 0 bridgehead atoms. The first-order valence-corrected chi connectivity index (χ1v) is 4.98. The summed E-state index contributed by atoms with van der Waals surface area (Å²) >= 11 is 5.71. The Labute approximate surface area is 96.4 Å². The number of rotatable bonds is 4. The fraction of sp³-hybridized carbons (Fsp3) is 0.300. The van der Waals surface area contributed by atoms with Gasteiger partial charge in [0.25, 0.3) is 0 Å². The standard InChI is InChI=1S/C10H11ClF2N2O/c11-6-4-8(13)7(12)3-5(6)9(14)1-2-10(15)16/h3-4,9H,1-2,14H2,(H2,15,16). The zero-order chi connectivity index (χ0) is 12.3. The smallest absolute Gasteiger partial charge is 0.217 e. The van der Waals surface area contributed by atoms with Crippen LogP contribution in [-0.2, 0) is 4.79 Å². The van der Waals surface area contributed by atoms with Crippen LogP contribution in [-0.4, -0.2) is 5.91 Å². The Hall–Kier alpha value is -1.20. The summed E-state index contributed by atoms with van der Waals surface area (Å²) in [5.41, 5.74) is 10.9. The van der Waals surface area contributed by atoms with Gasteiger partial charge in [-0.05, 0) is 24.1 Å². The summed E-state index contributed by atoms with van der Waals surface area (Å²) in [7, 11) is 0. The van der Waals surface area contributed by atoms with E-state index in [-0.39, 0.29) is 23.4 Å². The number of nitrogens with two attached hydrogens (primary N) is 2. The Balaban J connectivity index is 2.86. The molecule has 3 nitrogen and oxygen atoms in total. The van der Waals surface area contributed by atoms with Crippen molar-refractivity contribution in [3.63, 3.8) is 0 Å². The van der Waals surface area contributed by atoms with E-state index in [2.05, 4.69) is 0 Å². The molecule has 0 spiro atoms. The molecule has 0 fully saturated rings. The molecular formula is C10H11ClF2N2O. The molecule has 6 heteroatoms. The van der Waals surface area contributed by atoms with E-state index in [1.807, 2.05) is 0 Å². The Morgan fingerprint density at radius 3 is 2.50 bits per heavy atom. The second kappa shape index (κ2) is 5.23. The van der Waals surface area contributed by atoms with E-state index in [9.17, 15) is 13.6 Å². The molecule has 0 heterocycles. The van der Waals surface area contributed by atoms with Crippen molar-refractivity contribution in [1.29, 1.82) is 0 Å². The van der Waals surface area contributed by atoms with Crippen molar-refractivity contribution in [2.75, 3.05) is 0 Å². The van der Waals surface area contributed by atoms with Crippen LogP contribution in [0.5, 0.6) is 0 Å². The SMILES string of the molecule is NC(=O)CCC(N)c1cc(F)c(F)cc1Cl. The third-order valence-electron chi connectivity index (χ3n) is 2.14. The highest BCUT2D eigenvalue weighted by Crippen LogP contribution is 2.26. The van der Waals surface area contributed by atoms with Crippen molar-refractivity contribution in [2.24, 2.45) is 11.5 Å². The van der Waals surface area contributed by atoms with Crippen molar-refractivity contribution in [2.45, 2.75) is 18.9 Å². The minimum Gasteiger partial charge on any atom is -0.370 e. The number of hydrogen-bond acceptors (Lipinski definition) is 2. The molecule has 0 saturated heterocycles. The lowest BCUT2D eigenvalue weighted by Crippen LogP contribution is -2.17. The van der Waals surface area contributed by atoms with Gasteiger partial charge < -0.3 is 11.5 Å². The molecule has 4 N–H and O–H groups in total. The second-order valence-electron chi connectivity index (χ2n) is 3.40. The maximum atomic E-state index is 12.9. The summed E-state index contributed by atoms with van der Waals surface area (Å²) in [6.07, 6.45) is 0.302. The zero-order valence-corrected chi connectivity index (χ0v) is 9.10. The third kappa shape index (κ3) is 3.15. The minimum atomic E-state index is -1.03. The molecule has 0 aliphatic carbocycles. The van der Waals surface area contributed by atoms with Crippen LogP contribution in [0.2, 0.25) is 5.02 Å². The monoisotopic (exact) mass is 248 g/mol. The number of amides is 1. The van der Waals surface area contributed by atoms with Crippen molar-refractivity contribution >= 4 is 17.5 Å². The van der Waals surface area contributed by atoms with Gasteiger partial charge in [-0.3, -0.25) is 4.79 Å². The molecule has 1 rings (SSSR count). The van der Waals surface area contributed by atoms with Crippen LogP contribution in [0.3, 0.4) is 0 Å². The molecule has 1 aromatic carbocycles. The highest BCUT2D eigenvalue weighted by atomic mass is 35.5. The van der Waals surface area contributed by atoms with Crippen molar-refractivity contribution in [3.8, 4) is 0 Å². The third-order valence-corrected chi connectivity index (χ3v) is 2.47. The number of benzene rings is 1. The van der Waals surface area contributed by atoms with Gasteiger partial charge in [-0.25, -0.2) is 8.78 Å². The first kappa shape index (κ1) is 12.9. The van der Waals surface area contributed by atoms with E-state index >= 15 is 0 Å². The number of carbonyl (C=O) groups excluding carboxylic acids is 1. The van der Waals surface area contributed by atoms with Gasteiger partial charge in [-0.15, -0.1) is 0 Å². The predicted octanol–water partition coefficient (Wildman–Crippen LogP) is 1.88. The van der Waals surface area contributed by atoms with Crippen LogP contribution < -0.4 is 11.5 Å². The van der Waals surface area contributed by atoms with Crippen molar-refractivity contribution in [1.82, 2.24) is 0 Å². The Morgan fingerprint density at radius 2 is 1.94 bits per heavy atom. The summed E-state index contributed by atoms with van der Waals surface area (Å²) < 4.78 is 25.7. The van der Waals surface area contributed by atoms with E-state index < -0.39 is 23.6 Å². The number of hydrogen-bond donors (Lipinski definition) is 2. The van der Waals surface area contributed by atoms with Gasteiger partial charge in [0.1, 0.15) is 0 Å². The van der Waals surface area contributed by atoms with Gasteiger partial charge in [-0.2, -0.15) is 0 Å². The zero-order valence-electron chi connectivity index (χ0n) is 8.34. The fourth-order valence-electron chi connectivity index (χ4n) is 1.28. The van der Waals surface area contributed by atoms with Crippen LogP contribution in [0.25, 0.3) is 0 Å². The molecular weight excluding hydrogens is 238 g/mol. The lowest BCUT2D eigenvalue weighted by molar-refractivity contribution is -0.118. The van der Waals surface area contributed by atoms with E-state index in [1.165, 1.54) is 0 Å². The summed E-state index contributed by atoms with van der Waals surface area (Å²) in [4.78, 5) is 10.5. The van der Waals surface area contributed by atoms with Crippen LogP contribution in [0, 0.1) is 11.6 Å². The molecule has 1 unspecified atom stereocenters. The fourth-order valence-corrected chi connectivity index (χ4v) is 1.57. The molecule has 1 atom stereocenters. The summed E-state index contributed by atoms with van der Waals surface area (Å²) in [6.45, 7) is 0. The number of carbonyl (C=O) groups is 1. The van der Waals surface area contributed by atoms with Crippen LogP contribution in [0.1, 0.15) is 24.4 Å². The van der Waals surface area contributed by atoms with E-state index in [0.717, 1.165) is 12.1 Å². The molecule has 0 radical (unpaired) electrons. The van der Waals surface area contributed by atoms with Gasteiger partial charge >= 0.3 is 0 Å². The number of halogens is 3. The minimum absolute atomic E-state index is 0.0378. The first-order valence-electron chi connectivity index (χ1n) is 4.60. The number of primary amides is 1. The Kier molecular flexibility index (Phi) is 4.20. The average molecular weight is 249 g/mol. The van der Waals surface area contributed by atoms with Gasteiger partial charge in [0.05, 0.1) is 0 Å². The van der Waals surface area contributed by atoms with E-state index in [4.69, 9.17) is 23.1 Å². The topological polar surface area (TPSA) is 69.1 Å². The second-order valence-corrected chi connectivity index (χ2v) is 3.81. The first-order chi connectivity index (χ1) is 7.41. The Morgan fingerprint density at radius 1 is 1.38 bits per heavy atom. The van der Waals surface area contributed by atoms with Crippen LogP contribution in [0.4, 0.5) is 8.78 Å². The summed E-state index contributed by atoms with van der Waals surface area (Å²) in [5.74, 6) is -2.56. The van der Waals surface area contributed by atoms with Crippen molar-refractivity contribution < 1.29 is 13.6 Å². The lowest BCUT2D eigenvalue weighted by atomic mass is 10.0.